The fraction of sp³-hybridized carbons (Fsp3) is 0.417. The van der Waals surface area contributed by atoms with Gasteiger partial charge in [-0.2, -0.15) is 0 Å². The zero-order valence-electron chi connectivity index (χ0n) is 11.0. The molecule has 0 fully saturated rings. The number of carbonyl (C=O) groups excluding carboxylic acids is 1. The minimum absolute atomic E-state index is 0.386. The Morgan fingerprint density at radius 2 is 2.10 bits per heavy atom. The second kappa shape index (κ2) is 6.51. The second-order valence-corrected chi connectivity index (χ2v) is 6.25. The van der Waals surface area contributed by atoms with Gasteiger partial charge < -0.3 is 4.74 Å². The minimum atomic E-state index is -4.15. The topological polar surface area (TPSA) is 86.5 Å². The van der Waals surface area contributed by atoms with Crippen molar-refractivity contribution in [2.24, 2.45) is 5.14 Å². The van der Waals surface area contributed by atoms with Gasteiger partial charge in [0.15, 0.2) is 0 Å². The number of rotatable bonds is 5. The van der Waals surface area contributed by atoms with Gasteiger partial charge in [0.25, 0.3) is 0 Å². The zero-order valence-corrected chi connectivity index (χ0v) is 12.6. The number of carbonyl (C=O) groups is 1. The van der Waals surface area contributed by atoms with E-state index >= 15 is 0 Å². The molecule has 0 spiro atoms. The fourth-order valence-corrected chi connectivity index (χ4v) is 2.70. The van der Waals surface area contributed by atoms with Crippen molar-refractivity contribution in [3.8, 4) is 0 Å². The van der Waals surface area contributed by atoms with Gasteiger partial charge in [-0.1, -0.05) is 24.9 Å². The Labute approximate surface area is 121 Å². The van der Waals surface area contributed by atoms with Crippen LogP contribution in [0.15, 0.2) is 17.0 Å². The Morgan fingerprint density at radius 1 is 1.50 bits per heavy atom. The lowest BCUT2D eigenvalue weighted by molar-refractivity contribution is 0.0318. The molecule has 20 heavy (non-hydrogen) atoms. The number of primary sulfonamides is 1. The van der Waals surface area contributed by atoms with Crippen molar-refractivity contribution in [3.63, 3.8) is 0 Å². The molecule has 0 amide bonds. The molecule has 1 atom stereocenters. The highest BCUT2D eigenvalue weighted by atomic mass is 35.5. The van der Waals surface area contributed by atoms with Crippen molar-refractivity contribution in [3.05, 3.63) is 28.5 Å². The zero-order chi connectivity index (χ0) is 15.5. The smallest absolute Gasteiger partial charge is 0.341 e. The van der Waals surface area contributed by atoms with Crippen molar-refractivity contribution in [2.75, 3.05) is 0 Å². The quantitative estimate of drug-likeness (QED) is 0.843. The van der Waals surface area contributed by atoms with Gasteiger partial charge in [-0.15, -0.1) is 0 Å². The van der Waals surface area contributed by atoms with Crippen molar-refractivity contribution >= 4 is 27.6 Å². The van der Waals surface area contributed by atoms with E-state index in [0.29, 0.717) is 6.42 Å². The van der Waals surface area contributed by atoms with Crippen LogP contribution < -0.4 is 5.14 Å². The highest BCUT2D eigenvalue weighted by Crippen LogP contribution is 2.25. The number of ether oxygens (including phenoxy) is 1. The van der Waals surface area contributed by atoms with Crippen LogP contribution >= 0.6 is 11.6 Å². The molecule has 0 aliphatic rings. The molecule has 1 aromatic rings. The molecule has 1 unspecified atom stereocenters. The van der Waals surface area contributed by atoms with Crippen LogP contribution in [0.3, 0.4) is 0 Å². The summed E-state index contributed by atoms with van der Waals surface area (Å²) in [5, 5.41) is 4.55. The Balaban J connectivity index is 3.16. The largest absolute Gasteiger partial charge is 0.459 e. The van der Waals surface area contributed by atoms with E-state index in [4.69, 9.17) is 21.5 Å². The van der Waals surface area contributed by atoms with Crippen LogP contribution in [0.4, 0.5) is 4.39 Å². The van der Waals surface area contributed by atoms with Crippen LogP contribution in [0.5, 0.6) is 0 Å². The Kier molecular flexibility index (Phi) is 5.50. The Bertz CT molecular complexity index is 618. The summed E-state index contributed by atoms with van der Waals surface area (Å²) >= 11 is 5.60. The summed E-state index contributed by atoms with van der Waals surface area (Å²) < 4.78 is 41.3. The highest BCUT2D eigenvalue weighted by molar-refractivity contribution is 7.89. The summed E-state index contributed by atoms with van der Waals surface area (Å²) in [7, 11) is -4.15. The number of benzene rings is 1. The predicted octanol–water partition coefficient (Wildman–Crippen LogP) is 2.47. The van der Waals surface area contributed by atoms with E-state index in [-0.39, 0.29) is 5.02 Å². The average Bonchev–Trinajstić information content (AvgIpc) is 2.26. The highest BCUT2D eigenvalue weighted by Gasteiger charge is 2.22. The van der Waals surface area contributed by atoms with Crippen LogP contribution in [0.2, 0.25) is 5.02 Å². The second-order valence-electron chi connectivity index (χ2n) is 4.31. The minimum Gasteiger partial charge on any atom is -0.459 e. The normalized spacial score (nSPS) is 13.1. The molecule has 0 aromatic heterocycles. The van der Waals surface area contributed by atoms with Crippen LogP contribution in [-0.2, 0) is 14.8 Å². The first-order chi connectivity index (χ1) is 9.16. The van der Waals surface area contributed by atoms with E-state index < -0.39 is 38.4 Å². The van der Waals surface area contributed by atoms with Crippen molar-refractivity contribution in [2.45, 2.75) is 37.7 Å². The monoisotopic (exact) mass is 323 g/mol. The maximum absolute atomic E-state index is 13.7. The molecular weight excluding hydrogens is 309 g/mol. The van der Waals surface area contributed by atoms with Gasteiger partial charge in [-0.25, -0.2) is 22.7 Å². The number of hydrogen-bond acceptors (Lipinski definition) is 4. The lowest BCUT2D eigenvalue weighted by Gasteiger charge is -2.13. The van der Waals surface area contributed by atoms with E-state index in [1.807, 2.05) is 6.92 Å². The van der Waals surface area contributed by atoms with Crippen molar-refractivity contribution in [1.82, 2.24) is 0 Å². The fourth-order valence-electron chi connectivity index (χ4n) is 1.62. The van der Waals surface area contributed by atoms with E-state index in [2.05, 4.69) is 0 Å². The third-order valence-corrected chi connectivity index (χ3v) is 3.93. The Hall–Kier alpha value is -1.18. The van der Waals surface area contributed by atoms with E-state index in [1.54, 1.807) is 6.92 Å². The predicted molar refractivity (Wildman–Crippen MR) is 72.6 cm³/mol. The third kappa shape index (κ3) is 4.16. The van der Waals surface area contributed by atoms with Gasteiger partial charge in [0.05, 0.1) is 16.7 Å². The van der Waals surface area contributed by atoms with Gasteiger partial charge >= 0.3 is 5.97 Å². The molecule has 0 radical (unpaired) electrons. The number of halogens is 2. The summed E-state index contributed by atoms with van der Waals surface area (Å²) in [6.07, 6.45) is 1.00. The molecule has 0 aliphatic carbocycles. The molecule has 0 aliphatic heterocycles. The Morgan fingerprint density at radius 3 is 2.60 bits per heavy atom. The molecule has 1 aromatic carbocycles. The van der Waals surface area contributed by atoms with Crippen LogP contribution in [0, 0.1) is 5.82 Å². The van der Waals surface area contributed by atoms with Gasteiger partial charge in [0.2, 0.25) is 10.0 Å². The molecule has 1 rings (SSSR count). The van der Waals surface area contributed by atoms with E-state index in [0.717, 1.165) is 18.6 Å². The third-order valence-electron chi connectivity index (χ3n) is 2.55. The first-order valence-corrected chi connectivity index (χ1v) is 7.82. The first-order valence-electron chi connectivity index (χ1n) is 5.89. The molecular formula is C12H15ClFNO4S. The van der Waals surface area contributed by atoms with Gasteiger partial charge in [-0.3, -0.25) is 0 Å². The molecule has 8 heteroatoms. The number of sulfonamides is 1. The van der Waals surface area contributed by atoms with Crippen molar-refractivity contribution < 1.29 is 22.3 Å². The molecule has 5 nitrogen and oxygen atoms in total. The van der Waals surface area contributed by atoms with Crippen LogP contribution in [0.25, 0.3) is 0 Å². The summed E-state index contributed by atoms with van der Waals surface area (Å²) in [6.45, 7) is 3.57. The molecule has 112 valence electrons. The standard InChI is InChI=1S/C12H15ClFNO4S/c1-3-4-7(2)19-12(16)8-5-11(20(15,17)18)9(13)6-10(8)14/h5-7H,3-4H2,1-2H3,(H2,15,17,18). The lowest BCUT2D eigenvalue weighted by Crippen LogP contribution is -2.18. The molecule has 2 N–H and O–H groups in total. The summed E-state index contributed by atoms with van der Waals surface area (Å²) in [6, 6.07) is 1.51. The van der Waals surface area contributed by atoms with Crippen LogP contribution in [0.1, 0.15) is 37.0 Å². The SMILES string of the molecule is CCCC(C)OC(=O)c1cc(S(N)(=O)=O)c(Cl)cc1F. The number of esters is 1. The van der Waals surface area contributed by atoms with Crippen LogP contribution in [-0.4, -0.2) is 20.5 Å². The number of nitrogens with two attached hydrogens (primary N) is 1. The average molecular weight is 324 g/mol. The molecule has 0 saturated heterocycles. The molecule has 0 saturated carbocycles. The summed E-state index contributed by atoms with van der Waals surface area (Å²) in [5.74, 6) is -1.92. The maximum Gasteiger partial charge on any atom is 0.341 e. The number of hydrogen-bond donors (Lipinski definition) is 1. The van der Waals surface area contributed by atoms with E-state index in [9.17, 15) is 17.6 Å². The maximum atomic E-state index is 13.7. The van der Waals surface area contributed by atoms with Crippen molar-refractivity contribution in [1.29, 1.82) is 0 Å². The molecule has 0 heterocycles. The lowest BCUT2D eigenvalue weighted by atomic mass is 10.2. The summed E-state index contributed by atoms with van der Waals surface area (Å²) in [5.41, 5.74) is -0.513. The first kappa shape index (κ1) is 16.9. The molecule has 0 bridgehead atoms. The van der Waals surface area contributed by atoms with Gasteiger partial charge in [0.1, 0.15) is 10.7 Å². The van der Waals surface area contributed by atoms with Gasteiger partial charge in [0, 0.05) is 0 Å². The van der Waals surface area contributed by atoms with Gasteiger partial charge in [-0.05, 0) is 25.5 Å². The van der Waals surface area contributed by atoms with E-state index in [1.165, 1.54) is 0 Å². The summed E-state index contributed by atoms with van der Waals surface area (Å²) in [4.78, 5) is 11.3.